The highest BCUT2D eigenvalue weighted by Gasteiger charge is 2.23. The Balaban J connectivity index is 2.05. The van der Waals surface area contributed by atoms with Crippen molar-refractivity contribution in [3.8, 4) is 5.75 Å². The molecule has 0 heterocycles. The molecule has 0 bridgehead atoms. The van der Waals surface area contributed by atoms with E-state index in [4.69, 9.17) is 4.74 Å². The Kier molecular flexibility index (Phi) is 2.73. The van der Waals surface area contributed by atoms with E-state index in [2.05, 4.69) is 24.4 Å². The quantitative estimate of drug-likeness (QED) is 0.789. The lowest BCUT2D eigenvalue weighted by molar-refractivity contribution is 0.413. The second-order valence-electron chi connectivity index (χ2n) is 3.94. The summed E-state index contributed by atoms with van der Waals surface area (Å²) in [6.07, 6.45) is 2.66. The highest BCUT2D eigenvalue weighted by atomic mass is 16.5. The van der Waals surface area contributed by atoms with E-state index in [1.165, 1.54) is 18.4 Å². The van der Waals surface area contributed by atoms with Crippen molar-refractivity contribution in [2.75, 3.05) is 7.11 Å². The Labute approximate surface area is 85.3 Å². The van der Waals surface area contributed by atoms with Crippen molar-refractivity contribution < 1.29 is 4.74 Å². The van der Waals surface area contributed by atoms with E-state index in [0.717, 1.165) is 11.8 Å². The van der Waals surface area contributed by atoms with Crippen molar-refractivity contribution in [1.29, 1.82) is 0 Å². The number of methoxy groups -OCH3 is 1. The topological polar surface area (TPSA) is 21.3 Å². The Morgan fingerprint density at radius 1 is 1.43 bits per heavy atom. The van der Waals surface area contributed by atoms with Gasteiger partial charge < -0.3 is 10.1 Å². The predicted octanol–water partition coefficient (Wildman–Crippen LogP) is 2.51. The van der Waals surface area contributed by atoms with E-state index in [1.54, 1.807) is 7.11 Å². The van der Waals surface area contributed by atoms with Crippen LogP contribution in [0.5, 0.6) is 5.75 Å². The fraction of sp³-hybridized carbons (Fsp3) is 0.500. The molecule has 0 spiro atoms. The van der Waals surface area contributed by atoms with Crippen LogP contribution >= 0.6 is 0 Å². The van der Waals surface area contributed by atoms with Gasteiger partial charge in [0.25, 0.3) is 0 Å². The molecule has 1 aliphatic rings. The van der Waals surface area contributed by atoms with Gasteiger partial charge in [0.2, 0.25) is 0 Å². The summed E-state index contributed by atoms with van der Waals surface area (Å²) in [7, 11) is 1.71. The molecular formula is C12H17NO. The molecule has 0 aromatic heterocycles. The fourth-order valence-electron chi connectivity index (χ4n) is 1.61. The second kappa shape index (κ2) is 4.01. The Hall–Kier alpha value is -1.02. The first-order valence-electron chi connectivity index (χ1n) is 5.19. The van der Waals surface area contributed by atoms with Crippen LogP contribution in [0.2, 0.25) is 0 Å². The zero-order valence-corrected chi connectivity index (χ0v) is 8.79. The first kappa shape index (κ1) is 9.53. The van der Waals surface area contributed by atoms with Crippen molar-refractivity contribution in [2.24, 2.45) is 0 Å². The molecule has 1 saturated carbocycles. The minimum absolute atomic E-state index is 0.428. The molecule has 2 heteroatoms. The van der Waals surface area contributed by atoms with Gasteiger partial charge in [-0.25, -0.2) is 0 Å². The highest BCUT2D eigenvalue weighted by molar-refractivity contribution is 5.30. The molecule has 1 atom stereocenters. The second-order valence-corrected chi connectivity index (χ2v) is 3.94. The first-order valence-corrected chi connectivity index (χ1v) is 5.19. The minimum Gasteiger partial charge on any atom is -0.497 e. The summed E-state index contributed by atoms with van der Waals surface area (Å²) >= 11 is 0. The Morgan fingerprint density at radius 3 is 2.86 bits per heavy atom. The molecule has 0 aliphatic heterocycles. The summed E-state index contributed by atoms with van der Waals surface area (Å²) in [5.41, 5.74) is 1.30. The van der Waals surface area contributed by atoms with Crippen LogP contribution < -0.4 is 10.1 Å². The SMILES string of the molecule is COc1cccc([C@H](C)NC2CC2)c1. The molecule has 0 radical (unpaired) electrons. The summed E-state index contributed by atoms with van der Waals surface area (Å²) in [5.74, 6) is 0.937. The molecule has 0 amide bonds. The largest absolute Gasteiger partial charge is 0.497 e. The van der Waals surface area contributed by atoms with Crippen molar-refractivity contribution in [2.45, 2.75) is 31.8 Å². The van der Waals surface area contributed by atoms with Gasteiger partial charge in [-0.05, 0) is 37.5 Å². The lowest BCUT2D eigenvalue weighted by Crippen LogP contribution is -2.20. The van der Waals surface area contributed by atoms with E-state index < -0.39 is 0 Å². The van der Waals surface area contributed by atoms with Gasteiger partial charge in [0.1, 0.15) is 5.75 Å². The van der Waals surface area contributed by atoms with Crippen LogP contribution in [0.25, 0.3) is 0 Å². The van der Waals surface area contributed by atoms with E-state index in [1.807, 2.05) is 12.1 Å². The van der Waals surface area contributed by atoms with Crippen LogP contribution in [-0.2, 0) is 0 Å². The fourth-order valence-corrected chi connectivity index (χ4v) is 1.61. The Bertz CT molecular complexity index is 307. The van der Waals surface area contributed by atoms with Crippen LogP contribution in [0.15, 0.2) is 24.3 Å². The van der Waals surface area contributed by atoms with E-state index in [9.17, 15) is 0 Å². The minimum atomic E-state index is 0.428. The monoisotopic (exact) mass is 191 g/mol. The summed E-state index contributed by atoms with van der Waals surface area (Å²) in [4.78, 5) is 0. The normalized spacial score (nSPS) is 17.9. The van der Waals surface area contributed by atoms with Crippen LogP contribution in [0, 0.1) is 0 Å². The standard InChI is InChI=1S/C12H17NO/c1-9(13-11-6-7-11)10-4-3-5-12(8-10)14-2/h3-5,8-9,11,13H,6-7H2,1-2H3/t9-/m0/s1. The molecule has 2 rings (SSSR count). The molecule has 1 aromatic rings. The van der Waals surface area contributed by atoms with E-state index >= 15 is 0 Å². The maximum absolute atomic E-state index is 5.20. The van der Waals surface area contributed by atoms with Crippen LogP contribution in [0.1, 0.15) is 31.4 Å². The van der Waals surface area contributed by atoms with E-state index in [0.29, 0.717) is 6.04 Å². The maximum atomic E-state index is 5.20. The number of nitrogens with one attached hydrogen (secondary N) is 1. The highest BCUT2D eigenvalue weighted by Crippen LogP contribution is 2.25. The average molecular weight is 191 g/mol. The van der Waals surface area contributed by atoms with Gasteiger partial charge in [0.15, 0.2) is 0 Å². The van der Waals surface area contributed by atoms with Crippen molar-refractivity contribution in [1.82, 2.24) is 5.32 Å². The van der Waals surface area contributed by atoms with Gasteiger partial charge in [-0.3, -0.25) is 0 Å². The molecule has 2 nitrogen and oxygen atoms in total. The van der Waals surface area contributed by atoms with Crippen molar-refractivity contribution >= 4 is 0 Å². The molecule has 1 fully saturated rings. The lowest BCUT2D eigenvalue weighted by atomic mass is 10.1. The number of benzene rings is 1. The van der Waals surface area contributed by atoms with Crippen LogP contribution in [0.3, 0.4) is 0 Å². The summed E-state index contributed by atoms with van der Waals surface area (Å²) < 4.78 is 5.20. The smallest absolute Gasteiger partial charge is 0.119 e. The zero-order valence-electron chi connectivity index (χ0n) is 8.79. The number of hydrogen-bond acceptors (Lipinski definition) is 2. The van der Waals surface area contributed by atoms with Gasteiger partial charge in [-0.1, -0.05) is 12.1 Å². The third-order valence-electron chi connectivity index (χ3n) is 2.66. The maximum Gasteiger partial charge on any atom is 0.119 e. The summed E-state index contributed by atoms with van der Waals surface area (Å²) in [6, 6.07) is 9.43. The molecule has 1 aliphatic carbocycles. The Morgan fingerprint density at radius 2 is 2.21 bits per heavy atom. The van der Waals surface area contributed by atoms with Gasteiger partial charge in [0.05, 0.1) is 7.11 Å². The molecule has 0 unspecified atom stereocenters. The molecule has 14 heavy (non-hydrogen) atoms. The third kappa shape index (κ3) is 2.26. The number of ether oxygens (including phenoxy) is 1. The third-order valence-corrected chi connectivity index (χ3v) is 2.66. The van der Waals surface area contributed by atoms with Crippen LogP contribution in [-0.4, -0.2) is 13.2 Å². The number of hydrogen-bond donors (Lipinski definition) is 1. The van der Waals surface area contributed by atoms with Gasteiger partial charge in [-0.15, -0.1) is 0 Å². The average Bonchev–Trinajstić information content (AvgIpc) is 3.02. The van der Waals surface area contributed by atoms with Gasteiger partial charge in [0, 0.05) is 12.1 Å². The zero-order chi connectivity index (χ0) is 9.97. The molecule has 1 N–H and O–H groups in total. The van der Waals surface area contributed by atoms with Crippen LogP contribution in [0.4, 0.5) is 0 Å². The molecule has 0 saturated heterocycles. The van der Waals surface area contributed by atoms with Gasteiger partial charge in [-0.2, -0.15) is 0 Å². The lowest BCUT2D eigenvalue weighted by Gasteiger charge is -2.14. The van der Waals surface area contributed by atoms with Crippen molar-refractivity contribution in [3.63, 3.8) is 0 Å². The summed E-state index contributed by atoms with van der Waals surface area (Å²) in [6.45, 7) is 2.20. The van der Waals surface area contributed by atoms with Crippen molar-refractivity contribution in [3.05, 3.63) is 29.8 Å². The first-order chi connectivity index (χ1) is 6.79. The molecule has 76 valence electrons. The van der Waals surface area contributed by atoms with E-state index in [-0.39, 0.29) is 0 Å². The van der Waals surface area contributed by atoms with Gasteiger partial charge >= 0.3 is 0 Å². The number of rotatable bonds is 4. The predicted molar refractivity (Wildman–Crippen MR) is 57.6 cm³/mol. The molecule has 1 aromatic carbocycles. The molecular weight excluding hydrogens is 174 g/mol. The summed E-state index contributed by atoms with van der Waals surface area (Å²) in [5, 5.41) is 3.57.